The molecule has 1 saturated heterocycles. The van der Waals surface area contributed by atoms with E-state index in [1.54, 1.807) is 6.20 Å². The quantitative estimate of drug-likeness (QED) is 0.668. The van der Waals surface area contributed by atoms with Crippen molar-refractivity contribution in [3.05, 3.63) is 36.9 Å². The molecule has 23 heavy (non-hydrogen) atoms. The van der Waals surface area contributed by atoms with E-state index in [9.17, 15) is 4.79 Å². The van der Waals surface area contributed by atoms with E-state index in [2.05, 4.69) is 30.6 Å². The van der Waals surface area contributed by atoms with E-state index in [1.165, 1.54) is 6.33 Å². The predicted octanol–water partition coefficient (Wildman–Crippen LogP) is 1.03. The summed E-state index contributed by atoms with van der Waals surface area (Å²) in [5.74, 6) is 1.54. The molecule has 3 aromatic heterocycles. The molecule has 3 N–H and O–H groups in total. The molecule has 0 saturated carbocycles. The fourth-order valence-electron chi connectivity index (χ4n) is 2.59. The van der Waals surface area contributed by atoms with Gasteiger partial charge in [0.25, 0.3) is 0 Å². The Hall–Kier alpha value is -3.16. The number of fused-ring (bicyclic) bond motifs is 1. The number of amides is 1. The van der Waals surface area contributed by atoms with Crippen molar-refractivity contribution in [1.82, 2.24) is 25.3 Å². The lowest BCUT2D eigenvalue weighted by Crippen LogP contribution is -2.48. The molecule has 1 aliphatic rings. The van der Waals surface area contributed by atoms with Gasteiger partial charge in [0.05, 0.1) is 23.8 Å². The smallest absolute Gasteiger partial charge is 0.239 e. The molecular formula is C15H15N7O. The van der Waals surface area contributed by atoms with Crippen LogP contribution < -0.4 is 15.5 Å². The van der Waals surface area contributed by atoms with Gasteiger partial charge in [-0.2, -0.15) is 0 Å². The second kappa shape index (κ2) is 5.56. The minimum Gasteiger partial charge on any atom is -0.353 e. The van der Waals surface area contributed by atoms with E-state index in [4.69, 9.17) is 0 Å². The number of nitrogens with zero attached hydrogens (tertiary/aromatic N) is 4. The highest BCUT2D eigenvalue weighted by atomic mass is 16.2. The van der Waals surface area contributed by atoms with Crippen molar-refractivity contribution in [2.24, 2.45) is 0 Å². The molecule has 1 aliphatic heterocycles. The monoisotopic (exact) mass is 309 g/mol. The number of aromatic amines is 1. The first-order valence-corrected chi connectivity index (χ1v) is 7.32. The average Bonchev–Trinajstić information content (AvgIpc) is 3.05. The van der Waals surface area contributed by atoms with Gasteiger partial charge in [-0.05, 0) is 18.2 Å². The highest BCUT2D eigenvalue weighted by Crippen LogP contribution is 2.22. The summed E-state index contributed by atoms with van der Waals surface area (Å²) in [6.45, 7) is 1.75. The van der Waals surface area contributed by atoms with Crippen molar-refractivity contribution in [3.63, 3.8) is 0 Å². The van der Waals surface area contributed by atoms with Gasteiger partial charge in [0.1, 0.15) is 23.6 Å². The molecule has 0 radical (unpaired) electrons. The van der Waals surface area contributed by atoms with Crippen molar-refractivity contribution in [2.45, 2.75) is 0 Å². The van der Waals surface area contributed by atoms with E-state index in [1.807, 2.05) is 29.3 Å². The summed E-state index contributed by atoms with van der Waals surface area (Å²) in [7, 11) is 0. The second-order valence-corrected chi connectivity index (χ2v) is 5.26. The molecule has 8 nitrogen and oxygen atoms in total. The SMILES string of the molecule is O=C1CN(c2ccc(Nc3ncnc4[nH]ccc34)cn2)CCN1. The largest absolute Gasteiger partial charge is 0.353 e. The Morgan fingerprint density at radius 2 is 2.13 bits per heavy atom. The number of carbonyl (C=O) groups excluding carboxylic acids is 1. The van der Waals surface area contributed by atoms with Crippen LogP contribution in [-0.2, 0) is 4.79 Å². The van der Waals surface area contributed by atoms with Crippen LogP contribution in [-0.4, -0.2) is 45.5 Å². The number of aromatic nitrogens is 4. The van der Waals surface area contributed by atoms with Crippen molar-refractivity contribution >= 4 is 34.3 Å². The standard InChI is InChI=1S/C15H15N7O/c23-13-8-22(6-5-16-13)12-2-1-10(7-18-12)21-15-11-3-4-17-14(11)19-9-20-15/h1-4,7,9H,5-6,8H2,(H,16,23)(H2,17,19,20,21). The fraction of sp³-hybridized carbons (Fsp3) is 0.200. The Labute approximate surface area is 132 Å². The number of carbonyl (C=O) groups is 1. The van der Waals surface area contributed by atoms with E-state index in [-0.39, 0.29) is 5.91 Å². The zero-order chi connectivity index (χ0) is 15.6. The summed E-state index contributed by atoms with van der Waals surface area (Å²) in [6, 6.07) is 5.75. The van der Waals surface area contributed by atoms with Crippen molar-refractivity contribution in [1.29, 1.82) is 0 Å². The highest BCUT2D eigenvalue weighted by Gasteiger charge is 2.17. The number of piperazine rings is 1. The molecule has 3 aromatic rings. The molecule has 0 aliphatic carbocycles. The molecule has 4 heterocycles. The summed E-state index contributed by atoms with van der Waals surface area (Å²) in [5, 5.41) is 6.96. The van der Waals surface area contributed by atoms with Crippen molar-refractivity contribution < 1.29 is 4.79 Å². The van der Waals surface area contributed by atoms with Gasteiger partial charge in [0.2, 0.25) is 5.91 Å². The van der Waals surface area contributed by atoms with Crippen LogP contribution in [0, 0.1) is 0 Å². The third-order valence-corrected chi connectivity index (χ3v) is 3.73. The maximum absolute atomic E-state index is 11.4. The first-order chi connectivity index (χ1) is 11.3. The molecule has 0 atom stereocenters. The summed E-state index contributed by atoms with van der Waals surface area (Å²) >= 11 is 0. The third kappa shape index (κ3) is 2.66. The minimum atomic E-state index is 0.0242. The number of hydrogen-bond acceptors (Lipinski definition) is 6. The van der Waals surface area contributed by atoms with Crippen LogP contribution in [0.25, 0.3) is 11.0 Å². The molecular weight excluding hydrogens is 294 g/mol. The minimum absolute atomic E-state index is 0.0242. The Morgan fingerprint density at radius 3 is 2.96 bits per heavy atom. The van der Waals surface area contributed by atoms with Gasteiger partial charge in [-0.3, -0.25) is 4.79 Å². The van der Waals surface area contributed by atoms with Crippen molar-refractivity contribution in [2.75, 3.05) is 29.9 Å². The van der Waals surface area contributed by atoms with Gasteiger partial charge in [0, 0.05) is 19.3 Å². The van der Waals surface area contributed by atoms with Crippen LogP contribution in [0.3, 0.4) is 0 Å². The fourth-order valence-corrected chi connectivity index (χ4v) is 2.59. The highest BCUT2D eigenvalue weighted by molar-refractivity contribution is 5.88. The third-order valence-electron chi connectivity index (χ3n) is 3.73. The lowest BCUT2D eigenvalue weighted by molar-refractivity contribution is -0.120. The maximum Gasteiger partial charge on any atom is 0.239 e. The predicted molar refractivity (Wildman–Crippen MR) is 86.6 cm³/mol. The molecule has 0 bridgehead atoms. The Balaban J connectivity index is 1.54. The summed E-state index contributed by atoms with van der Waals surface area (Å²) < 4.78 is 0. The van der Waals surface area contributed by atoms with Crippen LogP contribution in [0.15, 0.2) is 36.9 Å². The normalized spacial score (nSPS) is 14.8. The molecule has 0 aromatic carbocycles. The van der Waals surface area contributed by atoms with Crippen LogP contribution in [0.2, 0.25) is 0 Å². The summed E-state index contributed by atoms with van der Waals surface area (Å²) in [5.41, 5.74) is 1.61. The van der Waals surface area contributed by atoms with Gasteiger partial charge in [-0.15, -0.1) is 0 Å². The Kier molecular flexibility index (Phi) is 3.26. The number of nitrogens with one attached hydrogen (secondary N) is 3. The van der Waals surface area contributed by atoms with Crippen LogP contribution in [0.4, 0.5) is 17.3 Å². The zero-order valence-corrected chi connectivity index (χ0v) is 12.3. The molecule has 1 amide bonds. The zero-order valence-electron chi connectivity index (χ0n) is 12.3. The topological polar surface area (TPSA) is 98.8 Å². The van der Waals surface area contributed by atoms with Gasteiger partial charge in [0.15, 0.2) is 0 Å². The van der Waals surface area contributed by atoms with Gasteiger partial charge in [-0.25, -0.2) is 15.0 Å². The lowest BCUT2D eigenvalue weighted by Gasteiger charge is -2.27. The number of rotatable bonds is 3. The van der Waals surface area contributed by atoms with Gasteiger partial charge in [-0.1, -0.05) is 0 Å². The first kappa shape index (κ1) is 13.5. The molecule has 4 rings (SSSR count). The maximum atomic E-state index is 11.4. The van der Waals surface area contributed by atoms with Crippen LogP contribution in [0.1, 0.15) is 0 Å². The van der Waals surface area contributed by atoms with E-state index in [0.717, 1.165) is 34.9 Å². The van der Waals surface area contributed by atoms with Crippen LogP contribution >= 0.6 is 0 Å². The molecule has 0 spiro atoms. The summed E-state index contributed by atoms with van der Waals surface area (Å²) in [6.07, 6.45) is 5.07. The number of H-pyrrole nitrogens is 1. The number of pyridine rings is 1. The van der Waals surface area contributed by atoms with Crippen molar-refractivity contribution in [3.8, 4) is 0 Å². The second-order valence-electron chi connectivity index (χ2n) is 5.26. The lowest BCUT2D eigenvalue weighted by atomic mass is 10.3. The van der Waals surface area contributed by atoms with E-state index in [0.29, 0.717) is 13.1 Å². The summed E-state index contributed by atoms with van der Waals surface area (Å²) in [4.78, 5) is 29.3. The number of anilines is 3. The Bertz CT molecular complexity index is 842. The molecule has 8 heteroatoms. The number of hydrogen-bond donors (Lipinski definition) is 3. The molecule has 116 valence electrons. The van der Waals surface area contributed by atoms with Gasteiger partial charge >= 0.3 is 0 Å². The van der Waals surface area contributed by atoms with Gasteiger partial charge < -0.3 is 20.5 Å². The van der Waals surface area contributed by atoms with E-state index >= 15 is 0 Å². The van der Waals surface area contributed by atoms with E-state index < -0.39 is 0 Å². The van der Waals surface area contributed by atoms with Crippen LogP contribution in [0.5, 0.6) is 0 Å². The average molecular weight is 309 g/mol. The molecule has 0 unspecified atom stereocenters. The molecule has 1 fully saturated rings. The Morgan fingerprint density at radius 1 is 1.17 bits per heavy atom. The first-order valence-electron chi connectivity index (χ1n) is 7.32.